The molecule has 0 unspecified atom stereocenters. The van der Waals surface area contributed by atoms with Gasteiger partial charge in [0.15, 0.2) is 0 Å². The lowest BCUT2D eigenvalue weighted by molar-refractivity contribution is -0.128. The van der Waals surface area contributed by atoms with Crippen LogP contribution in [0.3, 0.4) is 0 Å². The van der Waals surface area contributed by atoms with Crippen molar-refractivity contribution in [3.63, 3.8) is 0 Å². The number of benzene rings is 2. The highest BCUT2D eigenvalue weighted by Gasteiger charge is 2.34. The average Bonchev–Trinajstić information content (AvgIpc) is 3.22. The Kier molecular flexibility index (Phi) is 5.26. The molecule has 3 aromatic rings. The van der Waals surface area contributed by atoms with E-state index >= 15 is 0 Å². The summed E-state index contributed by atoms with van der Waals surface area (Å²) in [6, 6.07) is 8.63. The molecule has 1 aromatic heterocycles. The Bertz CT molecular complexity index is 1120. The van der Waals surface area contributed by atoms with Crippen molar-refractivity contribution in [1.82, 2.24) is 15.6 Å². The molecule has 2 aromatic carbocycles. The summed E-state index contributed by atoms with van der Waals surface area (Å²) < 4.78 is 28.2. The van der Waals surface area contributed by atoms with E-state index in [4.69, 9.17) is 0 Å². The molecule has 156 valence electrons. The number of rotatable bonds is 5. The van der Waals surface area contributed by atoms with E-state index in [0.29, 0.717) is 16.6 Å². The van der Waals surface area contributed by atoms with E-state index in [9.17, 15) is 23.5 Å². The van der Waals surface area contributed by atoms with E-state index < -0.39 is 35.6 Å². The monoisotopic (exact) mass is 413 g/mol. The molecule has 8 heteroatoms. The van der Waals surface area contributed by atoms with Gasteiger partial charge >= 0.3 is 0 Å². The normalized spacial score (nSPS) is 18.6. The van der Waals surface area contributed by atoms with Crippen molar-refractivity contribution in [2.24, 2.45) is 0 Å². The number of carbonyl (C=O) groups is 2. The minimum atomic E-state index is -0.994. The topological polar surface area (TPSA) is 94.2 Å². The lowest BCUT2D eigenvalue weighted by Gasteiger charge is -2.14. The van der Waals surface area contributed by atoms with Crippen molar-refractivity contribution in [2.75, 3.05) is 6.54 Å². The van der Waals surface area contributed by atoms with E-state index in [2.05, 4.69) is 15.6 Å². The summed E-state index contributed by atoms with van der Waals surface area (Å²) in [5.74, 6) is -2.28. The van der Waals surface area contributed by atoms with Crippen LogP contribution in [0.15, 0.2) is 36.4 Å². The molecule has 2 atom stereocenters. The van der Waals surface area contributed by atoms with Crippen molar-refractivity contribution in [1.29, 1.82) is 0 Å². The number of fused-ring (bicyclic) bond motifs is 1. The molecule has 0 aliphatic carbocycles. The number of halogens is 2. The van der Waals surface area contributed by atoms with Crippen LogP contribution in [0, 0.1) is 18.6 Å². The molecule has 2 amide bonds. The minimum absolute atomic E-state index is 0.0134. The van der Waals surface area contributed by atoms with E-state index in [1.54, 1.807) is 0 Å². The summed E-state index contributed by atoms with van der Waals surface area (Å²) in [7, 11) is 0. The van der Waals surface area contributed by atoms with Gasteiger partial charge in [0.05, 0.1) is 5.52 Å². The van der Waals surface area contributed by atoms with Gasteiger partial charge in [0.25, 0.3) is 0 Å². The molecule has 0 radical (unpaired) electrons. The van der Waals surface area contributed by atoms with Gasteiger partial charge in [-0.05, 0) is 30.5 Å². The van der Waals surface area contributed by atoms with Crippen LogP contribution in [0.5, 0.6) is 0 Å². The predicted octanol–water partition coefficient (Wildman–Crippen LogP) is 2.33. The van der Waals surface area contributed by atoms with Gasteiger partial charge in [-0.25, -0.2) is 8.78 Å². The zero-order valence-electron chi connectivity index (χ0n) is 16.3. The zero-order chi connectivity index (χ0) is 21.4. The zero-order valence-corrected chi connectivity index (χ0v) is 16.3. The maximum Gasteiger partial charge on any atom is 0.245 e. The highest BCUT2D eigenvalue weighted by molar-refractivity contribution is 5.93. The number of aryl methyl sites for hydroxylation is 2. The Morgan fingerprint density at radius 2 is 1.97 bits per heavy atom. The highest BCUT2D eigenvalue weighted by atomic mass is 19.1. The second-order valence-corrected chi connectivity index (χ2v) is 7.51. The number of aromatic nitrogens is 1. The fourth-order valence-corrected chi connectivity index (χ4v) is 3.75. The maximum atomic E-state index is 14.4. The van der Waals surface area contributed by atoms with Crippen molar-refractivity contribution < 1.29 is 23.5 Å². The first-order valence-corrected chi connectivity index (χ1v) is 9.65. The van der Waals surface area contributed by atoms with Gasteiger partial charge < -0.3 is 20.7 Å². The van der Waals surface area contributed by atoms with Crippen molar-refractivity contribution in [3.8, 4) is 11.3 Å². The molecule has 1 aliphatic heterocycles. The van der Waals surface area contributed by atoms with E-state index in [-0.39, 0.29) is 24.9 Å². The molecule has 30 heavy (non-hydrogen) atoms. The summed E-state index contributed by atoms with van der Waals surface area (Å²) in [6.45, 7) is 2.03. The predicted molar refractivity (Wildman–Crippen MR) is 108 cm³/mol. The van der Waals surface area contributed by atoms with Crippen LogP contribution in [0.25, 0.3) is 22.2 Å². The third kappa shape index (κ3) is 3.78. The van der Waals surface area contributed by atoms with Crippen LogP contribution in [0.2, 0.25) is 0 Å². The van der Waals surface area contributed by atoms with E-state index in [1.807, 2.05) is 31.2 Å². The summed E-state index contributed by atoms with van der Waals surface area (Å²) in [6.07, 6.45) is -0.802. The SMILES string of the molecule is Cc1ccc(-c2[nH]c3c(F)cc(F)cc3c2CCC(=O)N[C@@H]2C(=O)NC[C@H]2O)cc1. The number of H-pyrrole nitrogens is 1. The Balaban J connectivity index is 1.64. The van der Waals surface area contributed by atoms with Gasteiger partial charge in [-0.2, -0.15) is 0 Å². The number of aliphatic hydroxyl groups is 1. The standard InChI is InChI=1S/C22H21F2N3O3/c1-11-2-4-12(5-3-11)19-14(15-8-13(23)9-16(24)20(15)27-19)6-7-18(29)26-21-17(28)10-25-22(21)30/h2-5,8-9,17,21,27-28H,6-7,10H2,1H3,(H,25,30)(H,26,29)/t17-,21+/m1/s1. The quantitative estimate of drug-likeness (QED) is 0.517. The van der Waals surface area contributed by atoms with E-state index in [1.165, 1.54) is 6.07 Å². The van der Waals surface area contributed by atoms with Crippen LogP contribution in [0.4, 0.5) is 8.78 Å². The highest BCUT2D eigenvalue weighted by Crippen LogP contribution is 2.33. The third-order valence-corrected chi connectivity index (χ3v) is 5.34. The lowest BCUT2D eigenvalue weighted by Crippen LogP contribution is -2.45. The number of aliphatic hydroxyl groups excluding tert-OH is 1. The molecule has 0 spiro atoms. The number of carbonyl (C=O) groups excluding carboxylic acids is 2. The van der Waals surface area contributed by atoms with Crippen LogP contribution < -0.4 is 10.6 Å². The van der Waals surface area contributed by atoms with Gasteiger partial charge in [-0.3, -0.25) is 9.59 Å². The van der Waals surface area contributed by atoms with Gasteiger partial charge in [-0.15, -0.1) is 0 Å². The molecule has 1 aliphatic rings. The Morgan fingerprint density at radius 3 is 2.63 bits per heavy atom. The number of amides is 2. The van der Waals surface area contributed by atoms with Crippen LogP contribution in [-0.2, 0) is 16.0 Å². The fraction of sp³-hybridized carbons (Fsp3) is 0.273. The number of hydrogen-bond acceptors (Lipinski definition) is 3. The molecule has 4 rings (SSSR count). The minimum Gasteiger partial charge on any atom is -0.389 e. The van der Waals surface area contributed by atoms with Gasteiger partial charge in [-0.1, -0.05) is 29.8 Å². The van der Waals surface area contributed by atoms with Crippen molar-refractivity contribution in [3.05, 3.63) is 59.2 Å². The van der Waals surface area contributed by atoms with Gasteiger partial charge in [0, 0.05) is 30.1 Å². The average molecular weight is 413 g/mol. The molecule has 6 nitrogen and oxygen atoms in total. The summed E-state index contributed by atoms with van der Waals surface area (Å²) >= 11 is 0. The summed E-state index contributed by atoms with van der Waals surface area (Å²) in [5, 5.41) is 15.2. The first-order valence-electron chi connectivity index (χ1n) is 9.65. The second kappa shape index (κ2) is 7.87. The maximum absolute atomic E-state index is 14.4. The van der Waals surface area contributed by atoms with Crippen molar-refractivity contribution in [2.45, 2.75) is 31.9 Å². The Labute approximate surface area is 171 Å². The van der Waals surface area contributed by atoms with Crippen LogP contribution in [-0.4, -0.2) is 40.6 Å². The molecular weight excluding hydrogens is 392 g/mol. The fourth-order valence-electron chi connectivity index (χ4n) is 3.75. The number of aromatic amines is 1. The van der Waals surface area contributed by atoms with Gasteiger partial charge in [0.2, 0.25) is 11.8 Å². The first kappa shape index (κ1) is 20.0. The molecule has 0 bridgehead atoms. The first-order chi connectivity index (χ1) is 14.3. The molecule has 0 saturated carbocycles. The van der Waals surface area contributed by atoms with Gasteiger partial charge in [0.1, 0.15) is 23.8 Å². The van der Waals surface area contributed by atoms with E-state index in [0.717, 1.165) is 17.2 Å². The number of hydrogen-bond donors (Lipinski definition) is 4. The smallest absolute Gasteiger partial charge is 0.245 e. The largest absolute Gasteiger partial charge is 0.389 e. The summed E-state index contributed by atoms with van der Waals surface area (Å²) in [4.78, 5) is 27.1. The lowest BCUT2D eigenvalue weighted by atomic mass is 10.00. The van der Waals surface area contributed by atoms with Crippen molar-refractivity contribution >= 4 is 22.7 Å². The Hall–Kier alpha value is -3.26. The molecule has 1 fully saturated rings. The molecule has 2 heterocycles. The molecular formula is C22H21F2N3O3. The van der Waals surface area contributed by atoms with Crippen LogP contribution in [0.1, 0.15) is 17.5 Å². The molecule has 1 saturated heterocycles. The Morgan fingerprint density at radius 1 is 1.23 bits per heavy atom. The molecule has 4 N–H and O–H groups in total. The second-order valence-electron chi connectivity index (χ2n) is 7.51. The number of nitrogens with one attached hydrogen (secondary N) is 3. The summed E-state index contributed by atoms with van der Waals surface area (Å²) in [5.41, 5.74) is 3.24. The van der Waals surface area contributed by atoms with Crippen LogP contribution >= 0.6 is 0 Å². The number of β-amino-alcohol motifs (C(OH)–C–C–N with tert-alkyl or cyclic N) is 1. The third-order valence-electron chi connectivity index (χ3n) is 5.34.